The highest BCUT2D eigenvalue weighted by atomic mass is 32.2. The molecule has 21 heavy (non-hydrogen) atoms. The maximum Gasteiger partial charge on any atom is 0.321 e. The Hall–Kier alpha value is -1.73. The Bertz CT molecular complexity index is 624. The number of rotatable bonds is 7. The second kappa shape index (κ2) is 7.33. The molecule has 7 heteroatoms. The van der Waals surface area contributed by atoms with Gasteiger partial charge < -0.3 is 4.74 Å². The molecule has 0 aliphatic carbocycles. The molecule has 116 valence electrons. The fraction of sp³-hybridized carbons (Fsp3) is 0.429. The van der Waals surface area contributed by atoms with Gasteiger partial charge in [0.25, 0.3) is 0 Å². The number of hydrogen-bond donors (Lipinski definition) is 0. The summed E-state index contributed by atoms with van der Waals surface area (Å²) in [6.07, 6.45) is 0. The first kappa shape index (κ1) is 17.3. The first-order valence-electron chi connectivity index (χ1n) is 6.49. The van der Waals surface area contributed by atoms with Crippen LogP contribution in [0, 0.1) is 6.92 Å². The summed E-state index contributed by atoms with van der Waals surface area (Å²) < 4.78 is 30.6. The number of benzene rings is 1. The van der Waals surface area contributed by atoms with E-state index in [4.69, 9.17) is 4.74 Å². The van der Waals surface area contributed by atoms with Gasteiger partial charge in [0.2, 0.25) is 10.0 Å². The Kier molecular flexibility index (Phi) is 6.04. The van der Waals surface area contributed by atoms with Gasteiger partial charge in [0, 0.05) is 0 Å². The van der Waals surface area contributed by atoms with E-state index in [-0.39, 0.29) is 23.8 Å². The van der Waals surface area contributed by atoms with Gasteiger partial charge in [-0.3, -0.25) is 9.59 Å². The largest absolute Gasteiger partial charge is 0.465 e. The van der Waals surface area contributed by atoms with Crippen LogP contribution in [0.5, 0.6) is 0 Å². The topological polar surface area (TPSA) is 80.8 Å². The Morgan fingerprint density at radius 2 is 1.90 bits per heavy atom. The van der Waals surface area contributed by atoms with Crippen LogP contribution in [-0.4, -0.2) is 44.2 Å². The molecule has 1 aromatic carbocycles. The molecule has 0 atom stereocenters. The molecule has 0 saturated heterocycles. The van der Waals surface area contributed by atoms with E-state index in [2.05, 4.69) is 0 Å². The van der Waals surface area contributed by atoms with Crippen LogP contribution in [0.2, 0.25) is 0 Å². The first-order chi connectivity index (χ1) is 9.77. The SMILES string of the molecule is CCOC(=O)CN(CC(C)=O)S(=O)(=O)c1cccc(C)c1. The van der Waals surface area contributed by atoms with Crippen LogP contribution in [0.4, 0.5) is 0 Å². The molecule has 0 fully saturated rings. The molecule has 1 rings (SSSR count). The average Bonchev–Trinajstić information content (AvgIpc) is 2.37. The molecule has 0 aliphatic heterocycles. The minimum Gasteiger partial charge on any atom is -0.465 e. The summed E-state index contributed by atoms with van der Waals surface area (Å²) in [5.74, 6) is -1.04. The minimum atomic E-state index is -3.92. The van der Waals surface area contributed by atoms with Gasteiger partial charge in [-0.15, -0.1) is 0 Å². The number of Topliss-reactive ketones (excluding diaryl/α,β-unsaturated/α-hetero) is 1. The number of esters is 1. The van der Waals surface area contributed by atoms with E-state index in [1.807, 2.05) is 0 Å². The van der Waals surface area contributed by atoms with Gasteiger partial charge in [-0.1, -0.05) is 12.1 Å². The molecule has 0 amide bonds. The molecule has 0 aromatic heterocycles. The lowest BCUT2D eigenvalue weighted by Crippen LogP contribution is -2.39. The molecule has 0 heterocycles. The van der Waals surface area contributed by atoms with Gasteiger partial charge in [-0.25, -0.2) is 8.42 Å². The van der Waals surface area contributed by atoms with E-state index in [0.29, 0.717) is 0 Å². The molecule has 0 bridgehead atoms. The van der Waals surface area contributed by atoms with Crippen molar-refractivity contribution in [2.45, 2.75) is 25.7 Å². The summed E-state index contributed by atoms with van der Waals surface area (Å²) in [6, 6.07) is 6.30. The van der Waals surface area contributed by atoms with Crippen LogP contribution in [-0.2, 0) is 24.3 Å². The van der Waals surface area contributed by atoms with E-state index in [9.17, 15) is 18.0 Å². The molecule has 0 N–H and O–H groups in total. The standard InChI is InChI=1S/C14H19NO5S/c1-4-20-14(17)10-15(9-12(3)16)21(18,19)13-7-5-6-11(2)8-13/h5-8H,4,9-10H2,1-3H3. The summed E-state index contributed by atoms with van der Waals surface area (Å²) in [4.78, 5) is 22.9. The van der Waals surface area contributed by atoms with Crippen molar-refractivity contribution < 1.29 is 22.7 Å². The van der Waals surface area contributed by atoms with Crippen molar-refractivity contribution in [1.82, 2.24) is 4.31 Å². The third-order valence-corrected chi connectivity index (χ3v) is 4.42. The van der Waals surface area contributed by atoms with Crippen molar-refractivity contribution >= 4 is 21.8 Å². The lowest BCUT2D eigenvalue weighted by Gasteiger charge is -2.20. The monoisotopic (exact) mass is 313 g/mol. The van der Waals surface area contributed by atoms with Crippen LogP contribution in [0.15, 0.2) is 29.2 Å². The van der Waals surface area contributed by atoms with Crippen molar-refractivity contribution in [3.63, 3.8) is 0 Å². The van der Waals surface area contributed by atoms with Gasteiger partial charge in [-0.05, 0) is 38.5 Å². The van der Waals surface area contributed by atoms with Gasteiger partial charge in [0.1, 0.15) is 12.3 Å². The molecule has 6 nitrogen and oxygen atoms in total. The molecular formula is C14H19NO5S. The van der Waals surface area contributed by atoms with Crippen LogP contribution in [0.3, 0.4) is 0 Å². The molecule has 0 radical (unpaired) electrons. The molecule has 0 spiro atoms. The Balaban J connectivity index is 3.11. The highest BCUT2D eigenvalue weighted by molar-refractivity contribution is 7.89. The van der Waals surface area contributed by atoms with Crippen molar-refractivity contribution in [3.05, 3.63) is 29.8 Å². The van der Waals surface area contributed by atoms with Gasteiger partial charge in [0.15, 0.2) is 0 Å². The number of nitrogens with zero attached hydrogens (tertiary/aromatic N) is 1. The zero-order chi connectivity index (χ0) is 16.0. The fourth-order valence-electron chi connectivity index (χ4n) is 1.75. The predicted molar refractivity (Wildman–Crippen MR) is 77.3 cm³/mol. The number of hydrogen-bond acceptors (Lipinski definition) is 5. The summed E-state index contributed by atoms with van der Waals surface area (Å²) in [6.45, 7) is 3.96. The molecular weight excluding hydrogens is 294 g/mol. The van der Waals surface area contributed by atoms with Crippen molar-refractivity contribution in [2.75, 3.05) is 19.7 Å². The maximum absolute atomic E-state index is 12.5. The Morgan fingerprint density at radius 1 is 1.24 bits per heavy atom. The Morgan fingerprint density at radius 3 is 2.43 bits per heavy atom. The lowest BCUT2D eigenvalue weighted by atomic mass is 10.2. The number of carbonyl (C=O) groups excluding carboxylic acids is 2. The van der Waals surface area contributed by atoms with Gasteiger partial charge in [-0.2, -0.15) is 4.31 Å². The van der Waals surface area contributed by atoms with E-state index >= 15 is 0 Å². The second-order valence-electron chi connectivity index (χ2n) is 4.60. The van der Waals surface area contributed by atoms with Crippen molar-refractivity contribution in [2.24, 2.45) is 0 Å². The third-order valence-electron chi connectivity index (χ3n) is 2.64. The van der Waals surface area contributed by atoms with Gasteiger partial charge >= 0.3 is 5.97 Å². The van der Waals surface area contributed by atoms with Crippen molar-refractivity contribution in [1.29, 1.82) is 0 Å². The number of aryl methyl sites for hydroxylation is 1. The first-order valence-corrected chi connectivity index (χ1v) is 7.93. The number of carbonyl (C=O) groups is 2. The van der Waals surface area contributed by atoms with E-state index in [1.165, 1.54) is 19.1 Å². The normalized spacial score (nSPS) is 11.4. The van der Waals surface area contributed by atoms with Crippen LogP contribution in [0.1, 0.15) is 19.4 Å². The second-order valence-corrected chi connectivity index (χ2v) is 6.53. The molecule has 0 aliphatic rings. The highest BCUT2D eigenvalue weighted by Crippen LogP contribution is 2.17. The maximum atomic E-state index is 12.5. The number of sulfonamides is 1. The van der Waals surface area contributed by atoms with E-state index in [1.54, 1.807) is 26.0 Å². The fourth-order valence-corrected chi connectivity index (χ4v) is 3.26. The summed E-state index contributed by atoms with van der Waals surface area (Å²) in [7, 11) is -3.92. The summed E-state index contributed by atoms with van der Waals surface area (Å²) >= 11 is 0. The molecule has 1 aromatic rings. The zero-order valence-electron chi connectivity index (χ0n) is 12.3. The minimum absolute atomic E-state index is 0.0491. The smallest absolute Gasteiger partial charge is 0.321 e. The van der Waals surface area contributed by atoms with E-state index in [0.717, 1.165) is 9.87 Å². The zero-order valence-corrected chi connectivity index (χ0v) is 13.1. The van der Waals surface area contributed by atoms with Gasteiger partial charge in [0.05, 0.1) is 18.0 Å². The summed E-state index contributed by atoms with van der Waals surface area (Å²) in [5, 5.41) is 0. The van der Waals surface area contributed by atoms with E-state index < -0.39 is 22.5 Å². The number of ketones is 1. The van der Waals surface area contributed by atoms with Crippen LogP contribution in [0.25, 0.3) is 0 Å². The van der Waals surface area contributed by atoms with Crippen molar-refractivity contribution in [3.8, 4) is 0 Å². The number of ether oxygens (including phenoxy) is 1. The summed E-state index contributed by atoms with van der Waals surface area (Å²) in [5.41, 5.74) is 0.773. The van der Waals surface area contributed by atoms with Crippen LogP contribution >= 0.6 is 0 Å². The quantitative estimate of drug-likeness (QED) is 0.705. The Labute approximate surface area is 124 Å². The van der Waals surface area contributed by atoms with Crippen LogP contribution < -0.4 is 0 Å². The third kappa shape index (κ3) is 4.95. The highest BCUT2D eigenvalue weighted by Gasteiger charge is 2.28. The molecule has 0 saturated carbocycles. The lowest BCUT2D eigenvalue weighted by molar-refractivity contribution is -0.143. The average molecular weight is 313 g/mol. The molecule has 0 unspecified atom stereocenters. The predicted octanol–water partition coefficient (Wildman–Crippen LogP) is 1.14.